The van der Waals surface area contributed by atoms with E-state index in [0.717, 1.165) is 0 Å². The van der Waals surface area contributed by atoms with Gasteiger partial charge in [0.15, 0.2) is 6.30 Å². The summed E-state index contributed by atoms with van der Waals surface area (Å²) < 4.78 is 12.4. The Kier molecular flexibility index (Phi) is 3.14. The maximum atomic E-state index is 12.4. The molecule has 1 unspecified atom stereocenters. The topological polar surface area (TPSA) is 69.2 Å². The first-order valence-electron chi connectivity index (χ1n) is 4.14. The third-order valence-corrected chi connectivity index (χ3v) is 1.90. The summed E-state index contributed by atoms with van der Waals surface area (Å²) >= 11 is 0. The van der Waals surface area contributed by atoms with E-state index in [4.69, 9.17) is 5.73 Å². The zero-order chi connectivity index (χ0) is 10.7. The monoisotopic (exact) mass is 198 g/mol. The van der Waals surface area contributed by atoms with E-state index < -0.39 is 11.2 Å². The lowest BCUT2D eigenvalue weighted by molar-refractivity contribution is -0.385. The van der Waals surface area contributed by atoms with Crippen LogP contribution in [0, 0.1) is 17.0 Å². The van der Waals surface area contributed by atoms with Crippen LogP contribution in [0.1, 0.15) is 11.1 Å². The summed E-state index contributed by atoms with van der Waals surface area (Å²) in [7, 11) is 0. The average Bonchev–Trinajstić information content (AvgIpc) is 2.07. The van der Waals surface area contributed by atoms with Crippen molar-refractivity contribution in [3.05, 3.63) is 39.4 Å². The van der Waals surface area contributed by atoms with Crippen molar-refractivity contribution < 1.29 is 9.31 Å². The van der Waals surface area contributed by atoms with Crippen molar-refractivity contribution in [1.29, 1.82) is 0 Å². The quantitative estimate of drug-likeness (QED) is 0.456. The van der Waals surface area contributed by atoms with Gasteiger partial charge in [-0.25, -0.2) is 4.39 Å². The molecule has 1 atom stereocenters. The Labute approximate surface area is 80.7 Å². The Morgan fingerprint density at radius 3 is 2.79 bits per heavy atom. The summed E-state index contributed by atoms with van der Waals surface area (Å²) in [6, 6.07) is 4.59. The van der Waals surface area contributed by atoms with E-state index in [0.29, 0.717) is 11.1 Å². The number of nitro benzene ring substituents is 1. The molecule has 0 saturated carbocycles. The molecule has 14 heavy (non-hydrogen) atoms. The second-order valence-electron chi connectivity index (χ2n) is 3.10. The highest BCUT2D eigenvalue weighted by molar-refractivity contribution is 5.42. The van der Waals surface area contributed by atoms with E-state index >= 15 is 0 Å². The highest BCUT2D eigenvalue weighted by Crippen LogP contribution is 2.19. The number of aryl methyl sites for hydroxylation is 1. The second kappa shape index (κ2) is 4.15. The molecular formula is C9H11FN2O2. The summed E-state index contributed by atoms with van der Waals surface area (Å²) in [5, 5.41) is 10.5. The fourth-order valence-electron chi connectivity index (χ4n) is 1.20. The van der Waals surface area contributed by atoms with Gasteiger partial charge in [0, 0.05) is 18.1 Å². The molecule has 0 heterocycles. The van der Waals surface area contributed by atoms with Crippen LogP contribution in [0.3, 0.4) is 0 Å². The Bertz CT molecular complexity index is 353. The minimum Gasteiger partial charge on any atom is -0.301 e. The van der Waals surface area contributed by atoms with Gasteiger partial charge in [0.1, 0.15) is 0 Å². The van der Waals surface area contributed by atoms with Crippen molar-refractivity contribution in [3.63, 3.8) is 0 Å². The predicted molar refractivity (Wildman–Crippen MR) is 50.6 cm³/mol. The van der Waals surface area contributed by atoms with Crippen LogP contribution < -0.4 is 5.73 Å². The highest BCUT2D eigenvalue weighted by Gasteiger charge is 2.11. The van der Waals surface area contributed by atoms with E-state index in [9.17, 15) is 14.5 Å². The van der Waals surface area contributed by atoms with Gasteiger partial charge in [-0.05, 0) is 12.5 Å². The molecule has 0 bridgehead atoms. The summed E-state index contributed by atoms with van der Waals surface area (Å²) in [5.74, 6) is 0. The number of nitro groups is 1. The van der Waals surface area contributed by atoms with Crippen LogP contribution in [-0.4, -0.2) is 11.2 Å². The third-order valence-electron chi connectivity index (χ3n) is 1.90. The molecule has 76 valence electrons. The van der Waals surface area contributed by atoms with Gasteiger partial charge in [0.2, 0.25) is 0 Å². The summed E-state index contributed by atoms with van der Waals surface area (Å²) in [6.45, 7) is 1.64. The number of rotatable bonds is 3. The zero-order valence-corrected chi connectivity index (χ0v) is 7.74. The third kappa shape index (κ3) is 2.50. The fraction of sp³-hybridized carbons (Fsp3) is 0.333. The number of hydrogen-bond acceptors (Lipinski definition) is 3. The Hall–Kier alpha value is -1.49. The molecule has 1 rings (SSSR count). The Balaban J connectivity index is 3.00. The van der Waals surface area contributed by atoms with Crippen molar-refractivity contribution in [1.82, 2.24) is 0 Å². The molecular weight excluding hydrogens is 187 g/mol. The lowest BCUT2D eigenvalue weighted by Gasteiger charge is -2.03. The van der Waals surface area contributed by atoms with Crippen molar-refractivity contribution in [2.24, 2.45) is 5.73 Å². The van der Waals surface area contributed by atoms with Crippen LogP contribution in [0.15, 0.2) is 18.2 Å². The SMILES string of the molecule is Cc1ccc(CC(N)F)cc1[N+](=O)[O-]. The number of nitrogens with zero attached hydrogens (tertiary/aromatic N) is 1. The summed E-state index contributed by atoms with van der Waals surface area (Å²) in [4.78, 5) is 10.1. The molecule has 2 N–H and O–H groups in total. The van der Waals surface area contributed by atoms with Gasteiger partial charge in [-0.3, -0.25) is 10.1 Å². The van der Waals surface area contributed by atoms with E-state index in [-0.39, 0.29) is 12.1 Å². The first-order valence-corrected chi connectivity index (χ1v) is 4.14. The molecule has 1 aromatic rings. The minimum absolute atomic E-state index is 0.00111. The molecule has 0 aliphatic heterocycles. The molecule has 0 aromatic heterocycles. The molecule has 0 aliphatic rings. The maximum absolute atomic E-state index is 12.4. The van der Waals surface area contributed by atoms with Gasteiger partial charge in [0.25, 0.3) is 5.69 Å². The highest BCUT2D eigenvalue weighted by atomic mass is 19.1. The number of nitrogens with two attached hydrogens (primary N) is 1. The van der Waals surface area contributed by atoms with Crippen LogP contribution in [0.4, 0.5) is 10.1 Å². The lowest BCUT2D eigenvalue weighted by atomic mass is 10.1. The Morgan fingerprint density at radius 2 is 2.29 bits per heavy atom. The number of alkyl halides is 1. The maximum Gasteiger partial charge on any atom is 0.272 e. The number of benzene rings is 1. The van der Waals surface area contributed by atoms with Crippen LogP contribution in [0.2, 0.25) is 0 Å². The van der Waals surface area contributed by atoms with Gasteiger partial charge in [0.05, 0.1) is 4.92 Å². The first-order chi connectivity index (χ1) is 6.50. The Morgan fingerprint density at radius 1 is 1.64 bits per heavy atom. The van der Waals surface area contributed by atoms with Crippen molar-refractivity contribution >= 4 is 5.69 Å². The predicted octanol–water partition coefficient (Wildman–Crippen LogP) is 1.70. The van der Waals surface area contributed by atoms with Gasteiger partial charge in [-0.1, -0.05) is 12.1 Å². The molecule has 0 saturated heterocycles. The largest absolute Gasteiger partial charge is 0.301 e. The van der Waals surface area contributed by atoms with Crippen molar-refractivity contribution in [2.45, 2.75) is 19.6 Å². The standard InChI is InChI=1S/C9H11FN2O2/c1-6-2-3-7(5-9(10)11)4-8(6)12(13)14/h2-4,9H,5,11H2,1H3. The lowest BCUT2D eigenvalue weighted by Crippen LogP contribution is -2.16. The normalized spacial score (nSPS) is 12.5. The van der Waals surface area contributed by atoms with Gasteiger partial charge in [-0.2, -0.15) is 0 Å². The van der Waals surface area contributed by atoms with E-state index in [1.807, 2.05) is 0 Å². The smallest absolute Gasteiger partial charge is 0.272 e. The fourth-order valence-corrected chi connectivity index (χ4v) is 1.20. The van der Waals surface area contributed by atoms with E-state index in [1.54, 1.807) is 19.1 Å². The molecule has 0 radical (unpaired) electrons. The first kappa shape index (κ1) is 10.6. The number of hydrogen-bond donors (Lipinski definition) is 1. The second-order valence-corrected chi connectivity index (χ2v) is 3.10. The molecule has 0 fully saturated rings. The van der Waals surface area contributed by atoms with Crippen LogP contribution >= 0.6 is 0 Å². The molecule has 4 nitrogen and oxygen atoms in total. The van der Waals surface area contributed by atoms with Crippen molar-refractivity contribution in [3.8, 4) is 0 Å². The molecule has 1 aromatic carbocycles. The average molecular weight is 198 g/mol. The number of halogens is 1. The molecule has 5 heteroatoms. The van der Waals surface area contributed by atoms with Crippen LogP contribution in [-0.2, 0) is 6.42 Å². The van der Waals surface area contributed by atoms with Gasteiger partial charge < -0.3 is 5.73 Å². The molecule has 0 aliphatic carbocycles. The van der Waals surface area contributed by atoms with Crippen molar-refractivity contribution in [2.75, 3.05) is 0 Å². The van der Waals surface area contributed by atoms with Crippen LogP contribution in [0.5, 0.6) is 0 Å². The summed E-state index contributed by atoms with van der Waals surface area (Å²) in [5.41, 5.74) is 6.06. The molecule has 0 amide bonds. The minimum atomic E-state index is -1.47. The van der Waals surface area contributed by atoms with Gasteiger partial charge in [-0.15, -0.1) is 0 Å². The van der Waals surface area contributed by atoms with Gasteiger partial charge >= 0.3 is 0 Å². The summed E-state index contributed by atoms with van der Waals surface area (Å²) in [6.07, 6.45) is -1.47. The van der Waals surface area contributed by atoms with E-state index in [1.165, 1.54) is 6.07 Å². The molecule has 0 spiro atoms. The zero-order valence-electron chi connectivity index (χ0n) is 7.74. The van der Waals surface area contributed by atoms with Crippen LogP contribution in [0.25, 0.3) is 0 Å². The van der Waals surface area contributed by atoms with E-state index in [2.05, 4.69) is 0 Å².